The van der Waals surface area contributed by atoms with Gasteiger partial charge in [0.25, 0.3) is 0 Å². The highest BCUT2D eigenvalue weighted by Gasteiger charge is 2.31. The first-order valence-corrected chi connectivity index (χ1v) is 7.73. The molecule has 0 bridgehead atoms. The molecule has 1 aliphatic heterocycles. The Bertz CT molecular complexity index is 231. The molecule has 2 fully saturated rings. The first kappa shape index (κ1) is 14.3. The van der Waals surface area contributed by atoms with E-state index in [1.54, 1.807) is 0 Å². The SMILES string of the molecule is CC1CCC(O)(CNCCCC2CCCO2)CC1. The van der Waals surface area contributed by atoms with Crippen LogP contribution in [0.3, 0.4) is 0 Å². The van der Waals surface area contributed by atoms with Crippen LogP contribution in [0.15, 0.2) is 0 Å². The van der Waals surface area contributed by atoms with Gasteiger partial charge in [0.05, 0.1) is 11.7 Å². The van der Waals surface area contributed by atoms with Crippen molar-refractivity contribution in [1.29, 1.82) is 0 Å². The summed E-state index contributed by atoms with van der Waals surface area (Å²) in [5.74, 6) is 0.796. The minimum Gasteiger partial charge on any atom is -0.389 e. The second-order valence-electron chi connectivity index (χ2n) is 6.36. The zero-order chi connectivity index (χ0) is 12.8. The lowest BCUT2D eigenvalue weighted by Crippen LogP contribution is -2.43. The average molecular weight is 255 g/mol. The van der Waals surface area contributed by atoms with Crippen molar-refractivity contribution in [3.63, 3.8) is 0 Å². The monoisotopic (exact) mass is 255 g/mol. The molecule has 1 aliphatic carbocycles. The number of ether oxygens (including phenoxy) is 1. The van der Waals surface area contributed by atoms with E-state index in [-0.39, 0.29) is 0 Å². The van der Waals surface area contributed by atoms with Crippen molar-refractivity contribution in [2.24, 2.45) is 5.92 Å². The molecule has 106 valence electrons. The Hall–Kier alpha value is -0.120. The highest BCUT2D eigenvalue weighted by molar-refractivity contribution is 4.86. The first-order valence-electron chi connectivity index (χ1n) is 7.73. The van der Waals surface area contributed by atoms with Gasteiger partial charge in [0, 0.05) is 13.2 Å². The zero-order valence-electron chi connectivity index (χ0n) is 11.8. The maximum Gasteiger partial charge on any atom is 0.0771 e. The molecule has 18 heavy (non-hydrogen) atoms. The van der Waals surface area contributed by atoms with E-state index in [1.807, 2.05) is 0 Å². The van der Waals surface area contributed by atoms with E-state index >= 15 is 0 Å². The molecule has 0 amide bonds. The van der Waals surface area contributed by atoms with Crippen LogP contribution in [0.25, 0.3) is 0 Å². The Balaban J connectivity index is 1.52. The van der Waals surface area contributed by atoms with Crippen LogP contribution < -0.4 is 5.32 Å². The number of rotatable bonds is 6. The van der Waals surface area contributed by atoms with Crippen molar-refractivity contribution >= 4 is 0 Å². The minimum atomic E-state index is -0.434. The van der Waals surface area contributed by atoms with Crippen LogP contribution in [-0.4, -0.2) is 36.5 Å². The summed E-state index contributed by atoms with van der Waals surface area (Å²) in [6, 6.07) is 0. The third-order valence-corrected chi connectivity index (χ3v) is 4.56. The van der Waals surface area contributed by atoms with Gasteiger partial charge in [-0.3, -0.25) is 0 Å². The molecule has 2 N–H and O–H groups in total. The predicted molar refractivity (Wildman–Crippen MR) is 73.7 cm³/mol. The van der Waals surface area contributed by atoms with Gasteiger partial charge in [0.2, 0.25) is 0 Å². The van der Waals surface area contributed by atoms with E-state index in [1.165, 1.54) is 32.1 Å². The average Bonchev–Trinajstić information content (AvgIpc) is 2.86. The van der Waals surface area contributed by atoms with Gasteiger partial charge < -0.3 is 15.2 Å². The lowest BCUT2D eigenvalue weighted by Gasteiger charge is -2.35. The molecular weight excluding hydrogens is 226 g/mol. The largest absolute Gasteiger partial charge is 0.389 e. The van der Waals surface area contributed by atoms with E-state index < -0.39 is 5.60 Å². The van der Waals surface area contributed by atoms with Gasteiger partial charge in [-0.15, -0.1) is 0 Å². The molecule has 1 heterocycles. The Morgan fingerprint density at radius 1 is 1.28 bits per heavy atom. The molecule has 3 heteroatoms. The first-order chi connectivity index (χ1) is 8.68. The maximum absolute atomic E-state index is 10.4. The van der Waals surface area contributed by atoms with Gasteiger partial charge in [-0.25, -0.2) is 0 Å². The molecule has 3 nitrogen and oxygen atoms in total. The van der Waals surface area contributed by atoms with E-state index in [0.29, 0.717) is 6.10 Å². The van der Waals surface area contributed by atoms with Gasteiger partial charge in [-0.2, -0.15) is 0 Å². The van der Waals surface area contributed by atoms with Crippen LogP contribution in [0.1, 0.15) is 58.3 Å². The van der Waals surface area contributed by atoms with Crippen molar-refractivity contribution in [1.82, 2.24) is 5.32 Å². The van der Waals surface area contributed by atoms with Gasteiger partial charge >= 0.3 is 0 Å². The van der Waals surface area contributed by atoms with Crippen molar-refractivity contribution in [3.8, 4) is 0 Å². The Kier molecular flexibility index (Phi) is 5.46. The molecule has 0 aromatic carbocycles. The highest BCUT2D eigenvalue weighted by atomic mass is 16.5. The van der Waals surface area contributed by atoms with Crippen LogP contribution in [-0.2, 0) is 4.74 Å². The Morgan fingerprint density at radius 3 is 2.72 bits per heavy atom. The van der Waals surface area contributed by atoms with Crippen molar-refractivity contribution in [2.75, 3.05) is 19.7 Å². The van der Waals surface area contributed by atoms with Crippen molar-refractivity contribution in [3.05, 3.63) is 0 Å². The predicted octanol–water partition coefficient (Wildman–Crippen LogP) is 2.48. The number of hydrogen-bond acceptors (Lipinski definition) is 3. The van der Waals surface area contributed by atoms with Gasteiger partial charge in [-0.1, -0.05) is 6.92 Å². The summed E-state index contributed by atoms with van der Waals surface area (Å²) in [5.41, 5.74) is -0.434. The zero-order valence-corrected chi connectivity index (χ0v) is 11.8. The van der Waals surface area contributed by atoms with E-state index in [4.69, 9.17) is 4.74 Å². The van der Waals surface area contributed by atoms with Crippen LogP contribution in [0.4, 0.5) is 0 Å². The molecule has 0 radical (unpaired) electrons. The smallest absolute Gasteiger partial charge is 0.0771 e. The van der Waals surface area contributed by atoms with E-state index in [0.717, 1.165) is 44.9 Å². The lowest BCUT2D eigenvalue weighted by molar-refractivity contribution is -0.00612. The second kappa shape index (κ2) is 6.88. The fourth-order valence-electron chi connectivity index (χ4n) is 3.12. The summed E-state index contributed by atoms with van der Waals surface area (Å²) >= 11 is 0. The van der Waals surface area contributed by atoms with Crippen molar-refractivity contribution in [2.45, 2.75) is 70.0 Å². The normalized spacial score (nSPS) is 37.0. The molecule has 1 atom stereocenters. The quantitative estimate of drug-likeness (QED) is 0.716. The molecular formula is C15H29NO2. The topological polar surface area (TPSA) is 41.5 Å². The minimum absolute atomic E-state index is 0.434. The molecule has 2 aliphatic rings. The third-order valence-electron chi connectivity index (χ3n) is 4.56. The fourth-order valence-corrected chi connectivity index (χ4v) is 3.12. The van der Waals surface area contributed by atoms with Gasteiger partial charge in [-0.05, 0) is 63.8 Å². The summed E-state index contributed by atoms with van der Waals surface area (Å²) in [6.07, 6.45) is 9.59. The van der Waals surface area contributed by atoms with Crippen LogP contribution in [0.5, 0.6) is 0 Å². The molecule has 2 rings (SSSR count). The van der Waals surface area contributed by atoms with Crippen molar-refractivity contribution < 1.29 is 9.84 Å². The molecule has 1 unspecified atom stereocenters. The molecule has 0 aromatic rings. The van der Waals surface area contributed by atoms with Gasteiger partial charge in [0.1, 0.15) is 0 Å². The van der Waals surface area contributed by atoms with E-state index in [9.17, 15) is 5.11 Å². The summed E-state index contributed by atoms with van der Waals surface area (Å²) in [4.78, 5) is 0. The number of hydrogen-bond donors (Lipinski definition) is 2. The second-order valence-corrected chi connectivity index (χ2v) is 6.36. The third kappa shape index (κ3) is 4.52. The lowest BCUT2D eigenvalue weighted by atomic mass is 9.79. The molecule has 1 saturated carbocycles. The Morgan fingerprint density at radius 2 is 2.06 bits per heavy atom. The number of aliphatic hydroxyl groups is 1. The molecule has 0 aromatic heterocycles. The van der Waals surface area contributed by atoms with Crippen LogP contribution in [0.2, 0.25) is 0 Å². The standard InChI is InChI=1S/C15H29NO2/c1-13-6-8-15(17,9-7-13)12-16-10-2-4-14-5-3-11-18-14/h13-14,16-17H,2-12H2,1H3. The Labute approximate surface area is 111 Å². The fraction of sp³-hybridized carbons (Fsp3) is 1.00. The molecule has 0 spiro atoms. The van der Waals surface area contributed by atoms with Crippen LogP contribution >= 0.6 is 0 Å². The maximum atomic E-state index is 10.4. The summed E-state index contributed by atoms with van der Waals surface area (Å²) < 4.78 is 5.60. The van der Waals surface area contributed by atoms with Crippen LogP contribution in [0, 0.1) is 5.92 Å². The summed E-state index contributed by atoms with van der Waals surface area (Å²) in [5, 5.41) is 13.8. The highest BCUT2D eigenvalue weighted by Crippen LogP contribution is 2.31. The molecule has 1 saturated heterocycles. The van der Waals surface area contributed by atoms with E-state index in [2.05, 4.69) is 12.2 Å². The summed E-state index contributed by atoms with van der Waals surface area (Å²) in [6.45, 7) is 5.02. The van der Waals surface area contributed by atoms with Gasteiger partial charge in [0.15, 0.2) is 0 Å². The number of nitrogens with one attached hydrogen (secondary N) is 1. The summed E-state index contributed by atoms with van der Waals surface area (Å²) in [7, 11) is 0.